The van der Waals surface area contributed by atoms with E-state index >= 15 is 0 Å². The molecule has 22 heavy (non-hydrogen) atoms. The van der Waals surface area contributed by atoms with Crippen LogP contribution in [0.5, 0.6) is 11.5 Å². The Morgan fingerprint density at radius 3 is 2.91 bits per heavy atom. The van der Waals surface area contributed by atoms with Gasteiger partial charge in [-0.25, -0.2) is 4.98 Å². The fourth-order valence-electron chi connectivity index (χ4n) is 2.19. The highest BCUT2D eigenvalue weighted by Gasteiger charge is 2.27. The lowest BCUT2D eigenvalue weighted by Crippen LogP contribution is -2.22. The maximum atomic E-state index is 5.87. The van der Waals surface area contributed by atoms with Gasteiger partial charge in [0.2, 0.25) is 5.82 Å². The monoisotopic (exact) mass is 315 g/mol. The molecule has 112 valence electrons. The number of rotatable bonds is 3. The number of aromatic nitrogens is 3. The van der Waals surface area contributed by atoms with Crippen LogP contribution < -0.4 is 9.47 Å². The van der Waals surface area contributed by atoms with Gasteiger partial charge in [-0.05, 0) is 18.6 Å². The van der Waals surface area contributed by atoms with Crippen LogP contribution in [0.25, 0.3) is 11.6 Å². The zero-order valence-corrected chi connectivity index (χ0v) is 12.7. The second-order valence-corrected chi connectivity index (χ2v) is 5.74. The second-order valence-electron chi connectivity index (χ2n) is 4.80. The zero-order chi connectivity index (χ0) is 14.9. The molecule has 2 aromatic heterocycles. The topological polar surface area (TPSA) is 70.3 Å². The minimum atomic E-state index is -0.378. The fraction of sp³-hybridized carbons (Fsp3) is 0.267. The first kappa shape index (κ1) is 13.3. The lowest BCUT2D eigenvalue weighted by molar-refractivity contribution is 0.0832. The van der Waals surface area contributed by atoms with Crippen LogP contribution in [0.3, 0.4) is 0 Å². The predicted octanol–water partition coefficient (Wildman–Crippen LogP) is 3.27. The number of nitrogens with zero attached hydrogens (tertiary/aromatic N) is 3. The third-order valence-corrected chi connectivity index (χ3v) is 4.30. The molecule has 4 rings (SSSR count). The van der Waals surface area contributed by atoms with Crippen LogP contribution in [-0.4, -0.2) is 21.7 Å². The molecule has 0 saturated heterocycles. The number of para-hydroxylation sites is 2. The third kappa shape index (κ3) is 2.33. The second kappa shape index (κ2) is 5.42. The van der Waals surface area contributed by atoms with Crippen LogP contribution in [0.4, 0.5) is 0 Å². The summed E-state index contributed by atoms with van der Waals surface area (Å²) in [6.07, 6.45) is 0.513. The molecule has 0 saturated carbocycles. The standard InChI is InChI=1S/C15H13N3O3S/c1-2-13-16-9(8-22-13)15-17-14(18-21-15)12-7-19-10-5-3-4-6-11(10)20-12/h3-6,8,12H,2,7H2,1H3. The first-order valence-corrected chi connectivity index (χ1v) is 7.88. The number of aryl methyl sites for hydroxylation is 1. The Balaban J connectivity index is 1.57. The molecule has 7 heteroatoms. The summed E-state index contributed by atoms with van der Waals surface area (Å²) in [5.74, 6) is 2.30. The quantitative estimate of drug-likeness (QED) is 0.739. The Morgan fingerprint density at radius 1 is 1.23 bits per heavy atom. The Kier molecular flexibility index (Phi) is 3.27. The number of ether oxygens (including phenoxy) is 2. The molecule has 1 aliphatic heterocycles. The summed E-state index contributed by atoms with van der Waals surface area (Å²) in [6, 6.07) is 7.53. The smallest absolute Gasteiger partial charge is 0.277 e. The van der Waals surface area contributed by atoms with Crippen LogP contribution >= 0.6 is 11.3 Å². The Morgan fingerprint density at radius 2 is 2.09 bits per heavy atom. The average molecular weight is 315 g/mol. The van der Waals surface area contributed by atoms with E-state index in [1.165, 1.54) is 0 Å². The van der Waals surface area contributed by atoms with E-state index in [0.717, 1.165) is 17.2 Å². The summed E-state index contributed by atoms with van der Waals surface area (Å²) < 4.78 is 16.8. The van der Waals surface area contributed by atoms with Gasteiger partial charge in [-0.1, -0.05) is 24.2 Å². The minimum absolute atomic E-state index is 0.354. The van der Waals surface area contributed by atoms with Crippen molar-refractivity contribution < 1.29 is 14.0 Å². The third-order valence-electron chi connectivity index (χ3n) is 3.31. The molecular formula is C15H13N3O3S. The summed E-state index contributed by atoms with van der Waals surface area (Å²) in [5, 5.41) is 6.96. The maximum absolute atomic E-state index is 5.87. The Hall–Kier alpha value is -2.41. The summed E-state index contributed by atoms with van der Waals surface area (Å²) in [4.78, 5) is 8.83. The molecule has 1 unspecified atom stereocenters. The fourth-order valence-corrected chi connectivity index (χ4v) is 2.91. The molecule has 1 atom stereocenters. The molecule has 1 aliphatic rings. The number of fused-ring (bicyclic) bond motifs is 1. The number of benzene rings is 1. The molecule has 0 N–H and O–H groups in total. The van der Waals surface area contributed by atoms with E-state index < -0.39 is 0 Å². The molecule has 6 nitrogen and oxygen atoms in total. The van der Waals surface area contributed by atoms with Crippen molar-refractivity contribution in [1.82, 2.24) is 15.1 Å². The first-order chi connectivity index (χ1) is 10.8. The molecule has 0 aliphatic carbocycles. The molecule has 0 fully saturated rings. The SMILES string of the molecule is CCc1nc(-c2nc(C3COc4ccccc4O3)no2)cs1. The van der Waals surface area contributed by atoms with Gasteiger partial charge < -0.3 is 14.0 Å². The van der Waals surface area contributed by atoms with E-state index in [4.69, 9.17) is 14.0 Å². The van der Waals surface area contributed by atoms with Crippen molar-refractivity contribution >= 4 is 11.3 Å². The van der Waals surface area contributed by atoms with Gasteiger partial charge in [-0.2, -0.15) is 4.98 Å². The van der Waals surface area contributed by atoms with E-state index in [-0.39, 0.29) is 6.10 Å². The highest BCUT2D eigenvalue weighted by Crippen LogP contribution is 2.35. The number of hydrogen-bond acceptors (Lipinski definition) is 7. The van der Waals surface area contributed by atoms with Crippen molar-refractivity contribution in [3.63, 3.8) is 0 Å². The van der Waals surface area contributed by atoms with E-state index in [0.29, 0.717) is 29.8 Å². The van der Waals surface area contributed by atoms with Crippen molar-refractivity contribution in [2.75, 3.05) is 6.61 Å². The van der Waals surface area contributed by atoms with Crippen molar-refractivity contribution in [3.8, 4) is 23.1 Å². The van der Waals surface area contributed by atoms with Gasteiger partial charge >= 0.3 is 0 Å². The number of thiazole rings is 1. The summed E-state index contributed by atoms with van der Waals surface area (Å²) in [5.41, 5.74) is 0.706. The van der Waals surface area contributed by atoms with Gasteiger partial charge in [0.15, 0.2) is 17.6 Å². The van der Waals surface area contributed by atoms with Crippen LogP contribution in [0, 0.1) is 0 Å². The normalized spacial score (nSPS) is 16.7. The molecule has 0 amide bonds. The van der Waals surface area contributed by atoms with E-state index in [1.54, 1.807) is 11.3 Å². The van der Waals surface area contributed by atoms with E-state index in [9.17, 15) is 0 Å². The lowest BCUT2D eigenvalue weighted by atomic mass is 10.2. The van der Waals surface area contributed by atoms with Crippen LogP contribution in [-0.2, 0) is 6.42 Å². The molecule has 0 bridgehead atoms. The number of hydrogen-bond donors (Lipinski definition) is 0. The van der Waals surface area contributed by atoms with Crippen LogP contribution in [0.15, 0.2) is 34.2 Å². The molecular weight excluding hydrogens is 302 g/mol. The predicted molar refractivity (Wildman–Crippen MR) is 80.1 cm³/mol. The van der Waals surface area contributed by atoms with Crippen molar-refractivity contribution in [1.29, 1.82) is 0 Å². The maximum Gasteiger partial charge on any atom is 0.277 e. The van der Waals surface area contributed by atoms with Gasteiger partial charge in [0.05, 0.1) is 5.01 Å². The highest BCUT2D eigenvalue weighted by atomic mass is 32.1. The van der Waals surface area contributed by atoms with E-state index in [2.05, 4.69) is 22.0 Å². The van der Waals surface area contributed by atoms with Gasteiger partial charge in [0.25, 0.3) is 5.89 Å². The summed E-state index contributed by atoms with van der Waals surface area (Å²) >= 11 is 1.59. The molecule has 0 spiro atoms. The summed E-state index contributed by atoms with van der Waals surface area (Å²) in [6.45, 7) is 2.42. The van der Waals surface area contributed by atoms with Gasteiger partial charge in [-0.15, -0.1) is 11.3 Å². The van der Waals surface area contributed by atoms with Gasteiger partial charge in [0, 0.05) is 5.38 Å². The summed E-state index contributed by atoms with van der Waals surface area (Å²) in [7, 11) is 0. The molecule has 0 radical (unpaired) electrons. The van der Waals surface area contributed by atoms with Gasteiger partial charge in [0.1, 0.15) is 12.3 Å². The average Bonchev–Trinajstić information content (AvgIpc) is 3.23. The van der Waals surface area contributed by atoms with Crippen molar-refractivity contribution in [3.05, 3.63) is 40.5 Å². The first-order valence-electron chi connectivity index (χ1n) is 7.00. The van der Waals surface area contributed by atoms with Crippen LogP contribution in [0.1, 0.15) is 23.9 Å². The van der Waals surface area contributed by atoms with Gasteiger partial charge in [-0.3, -0.25) is 0 Å². The zero-order valence-electron chi connectivity index (χ0n) is 11.9. The lowest BCUT2D eigenvalue weighted by Gasteiger charge is -2.24. The Bertz CT molecular complexity index is 799. The minimum Gasteiger partial charge on any atom is -0.485 e. The largest absolute Gasteiger partial charge is 0.485 e. The van der Waals surface area contributed by atoms with Crippen molar-refractivity contribution in [2.24, 2.45) is 0 Å². The molecule has 3 heterocycles. The van der Waals surface area contributed by atoms with Crippen LogP contribution in [0.2, 0.25) is 0 Å². The highest BCUT2D eigenvalue weighted by molar-refractivity contribution is 7.09. The van der Waals surface area contributed by atoms with E-state index in [1.807, 2.05) is 29.6 Å². The Labute approximate surface area is 130 Å². The molecule has 1 aromatic carbocycles. The van der Waals surface area contributed by atoms with Crippen molar-refractivity contribution in [2.45, 2.75) is 19.4 Å². The molecule has 3 aromatic rings.